The summed E-state index contributed by atoms with van der Waals surface area (Å²) in [7, 11) is 0. The molecule has 0 bridgehead atoms. The molecule has 0 radical (unpaired) electrons. The number of aliphatic hydroxyl groups is 1. The van der Waals surface area contributed by atoms with E-state index < -0.39 is 6.10 Å². The van der Waals surface area contributed by atoms with Gasteiger partial charge in [-0.1, -0.05) is 48.2 Å². The number of hydrogen-bond acceptors (Lipinski definition) is 1. The highest BCUT2D eigenvalue weighted by Gasteiger charge is 2.26. The first kappa shape index (κ1) is 11.3. The molecule has 0 saturated heterocycles. The van der Waals surface area contributed by atoms with Crippen molar-refractivity contribution in [3.63, 3.8) is 0 Å². The van der Waals surface area contributed by atoms with Crippen LogP contribution in [0.5, 0.6) is 0 Å². The van der Waals surface area contributed by atoms with Gasteiger partial charge in [0, 0.05) is 5.56 Å². The quantitative estimate of drug-likeness (QED) is 0.827. The topological polar surface area (TPSA) is 20.2 Å². The highest BCUT2D eigenvalue weighted by molar-refractivity contribution is 6.42. The van der Waals surface area contributed by atoms with Crippen LogP contribution in [0.25, 0.3) is 0 Å². The van der Waals surface area contributed by atoms with Crippen LogP contribution in [0.1, 0.15) is 37.4 Å². The summed E-state index contributed by atoms with van der Waals surface area (Å²) in [5.74, 6) is 0.348. The van der Waals surface area contributed by atoms with E-state index in [2.05, 4.69) is 0 Å². The lowest BCUT2D eigenvalue weighted by Gasteiger charge is -2.19. The van der Waals surface area contributed by atoms with Crippen molar-refractivity contribution in [2.75, 3.05) is 0 Å². The second-order valence-electron chi connectivity index (χ2n) is 4.13. The highest BCUT2D eigenvalue weighted by Crippen LogP contribution is 2.39. The molecule has 2 rings (SSSR count). The predicted octanol–water partition coefficient (Wildman–Crippen LogP) is 4.22. The Morgan fingerprint density at radius 1 is 1.20 bits per heavy atom. The number of aliphatic hydroxyl groups excluding tert-OH is 1. The summed E-state index contributed by atoms with van der Waals surface area (Å²) in [4.78, 5) is 0. The fraction of sp³-hybridized carbons (Fsp3) is 0.500. The van der Waals surface area contributed by atoms with E-state index in [1.54, 1.807) is 6.07 Å². The Labute approximate surface area is 100 Å². The van der Waals surface area contributed by atoms with Crippen molar-refractivity contribution in [1.29, 1.82) is 0 Å². The molecule has 0 spiro atoms. The summed E-state index contributed by atoms with van der Waals surface area (Å²) < 4.78 is 0. The van der Waals surface area contributed by atoms with E-state index >= 15 is 0 Å². The van der Waals surface area contributed by atoms with Gasteiger partial charge < -0.3 is 5.11 Å². The number of rotatable bonds is 2. The maximum absolute atomic E-state index is 10.2. The van der Waals surface area contributed by atoms with Crippen molar-refractivity contribution in [3.05, 3.63) is 33.8 Å². The van der Waals surface area contributed by atoms with Gasteiger partial charge >= 0.3 is 0 Å². The lowest BCUT2D eigenvalue weighted by Crippen LogP contribution is -2.09. The van der Waals surface area contributed by atoms with Crippen LogP contribution in [-0.4, -0.2) is 5.11 Å². The van der Waals surface area contributed by atoms with E-state index in [9.17, 15) is 5.11 Å². The molecular weight excluding hydrogens is 231 g/mol. The van der Waals surface area contributed by atoms with Crippen LogP contribution in [-0.2, 0) is 0 Å². The number of hydrogen-bond donors (Lipinski definition) is 1. The molecule has 1 atom stereocenters. The van der Waals surface area contributed by atoms with Crippen LogP contribution in [0.15, 0.2) is 18.2 Å². The van der Waals surface area contributed by atoms with E-state index in [-0.39, 0.29) is 0 Å². The summed E-state index contributed by atoms with van der Waals surface area (Å²) in [6.07, 6.45) is 4.13. The van der Waals surface area contributed by atoms with Crippen LogP contribution in [0, 0.1) is 5.92 Å². The lowest BCUT2D eigenvalue weighted by atomic mass is 9.94. The van der Waals surface area contributed by atoms with Crippen molar-refractivity contribution >= 4 is 23.2 Å². The van der Waals surface area contributed by atoms with Crippen molar-refractivity contribution in [2.45, 2.75) is 31.8 Å². The summed E-state index contributed by atoms with van der Waals surface area (Å²) in [6.45, 7) is 0. The van der Waals surface area contributed by atoms with Crippen LogP contribution < -0.4 is 0 Å². The zero-order valence-electron chi connectivity index (χ0n) is 8.42. The third kappa shape index (κ3) is 2.30. The summed E-state index contributed by atoms with van der Waals surface area (Å²) >= 11 is 12.0. The fourth-order valence-electron chi connectivity index (χ4n) is 2.28. The standard InChI is InChI=1S/C12H14Cl2O/c13-10-7-3-6-9(11(10)14)12(15)8-4-1-2-5-8/h3,6-8,12,15H,1-2,4-5H2. The molecule has 3 heteroatoms. The number of benzene rings is 1. The molecule has 15 heavy (non-hydrogen) atoms. The molecule has 1 aliphatic carbocycles. The molecule has 1 aromatic carbocycles. The average Bonchev–Trinajstić information content (AvgIpc) is 2.74. The maximum atomic E-state index is 10.2. The van der Waals surface area contributed by atoms with Crippen molar-refractivity contribution in [3.8, 4) is 0 Å². The maximum Gasteiger partial charge on any atom is 0.0833 e. The molecule has 0 aliphatic heterocycles. The highest BCUT2D eigenvalue weighted by atomic mass is 35.5. The normalized spacial score (nSPS) is 19.4. The van der Waals surface area contributed by atoms with Gasteiger partial charge in [0.15, 0.2) is 0 Å². The smallest absolute Gasteiger partial charge is 0.0833 e. The molecule has 1 aromatic rings. The minimum Gasteiger partial charge on any atom is -0.388 e. The molecule has 0 amide bonds. The first-order chi connectivity index (χ1) is 7.20. The zero-order valence-corrected chi connectivity index (χ0v) is 9.93. The summed E-state index contributed by atoms with van der Waals surface area (Å²) in [5.41, 5.74) is 0.774. The van der Waals surface area contributed by atoms with E-state index in [1.807, 2.05) is 12.1 Å². The second-order valence-corrected chi connectivity index (χ2v) is 4.92. The number of halogens is 2. The van der Waals surface area contributed by atoms with Crippen LogP contribution in [0.4, 0.5) is 0 Å². The zero-order chi connectivity index (χ0) is 10.8. The van der Waals surface area contributed by atoms with Crippen LogP contribution in [0.2, 0.25) is 10.0 Å². The molecule has 0 heterocycles. The first-order valence-corrected chi connectivity index (χ1v) is 6.07. The molecule has 1 N–H and O–H groups in total. The van der Waals surface area contributed by atoms with Gasteiger partial charge in [-0.2, -0.15) is 0 Å². The minimum atomic E-state index is -0.460. The monoisotopic (exact) mass is 244 g/mol. The summed E-state index contributed by atoms with van der Waals surface area (Å²) in [5, 5.41) is 11.2. The van der Waals surface area contributed by atoms with E-state index in [4.69, 9.17) is 23.2 Å². The van der Waals surface area contributed by atoms with E-state index in [1.165, 1.54) is 12.8 Å². The van der Waals surface area contributed by atoms with Crippen LogP contribution in [0.3, 0.4) is 0 Å². The Morgan fingerprint density at radius 3 is 2.53 bits per heavy atom. The van der Waals surface area contributed by atoms with E-state index in [0.717, 1.165) is 18.4 Å². The van der Waals surface area contributed by atoms with Gasteiger partial charge in [0.05, 0.1) is 16.1 Å². The lowest BCUT2D eigenvalue weighted by molar-refractivity contribution is 0.112. The average molecular weight is 245 g/mol. The largest absolute Gasteiger partial charge is 0.388 e. The summed E-state index contributed by atoms with van der Waals surface area (Å²) in [6, 6.07) is 5.44. The molecular formula is C12H14Cl2O. The van der Waals surface area contributed by atoms with E-state index in [0.29, 0.717) is 16.0 Å². The van der Waals surface area contributed by atoms with Gasteiger partial charge in [-0.3, -0.25) is 0 Å². The molecule has 0 aromatic heterocycles. The predicted molar refractivity (Wildman–Crippen MR) is 63.4 cm³/mol. The minimum absolute atomic E-state index is 0.348. The molecule has 1 nitrogen and oxygen atoms in total. The SMILES string of the molecule is OC(c1cccc(Cl)c1Cl)C1CCCC1. The molecule has 1 fully saturated rings. The molecule has 1 unspecified atom stereocenters. The second kappa shape index (κ2) is 4.73. The van der Waals surface area contributed by atoms with Crippen molar-refractivity contribution in [2.24, 2.45) is 5.92 Å². The first-order valence-electron chi connectivity index (χ1n) is 5.32. The van der Waals surface area contributed by atoms with Gasteiger partial charge in [-0.05, 0) is 24.8 Å². The van der Waals surface area contributed by atoms with Crippen molar-refractivity contribution in [1.82, 2.24) is 0 Å². The van der Waals surface area contributed by atoms with Gasteiger partial charge in [-0.15, -0.1) is 0 Å². The van der Waals surface area contributed by atoms with Gasteiger partial charge in [0.2, 0.25) is 0 Å². The Hall–Kier alpha value is -0.240. The van der Waals surface area contributed by atoms with Gasteiger partial charge in [0.25, 0.3) is 0 Å². The van der Waals surface area contributed by atoms with Gasteiger partial charge in [-0.25, -0.2) is 0 Å². The molecule has 1 saturated carbocycles. The third-order valence-electron chi connectivity index (χ3n) is 3.15. The van der Waals surface area contributed by atoms with Gasteiger partial charge in [0.1, 0.15) is 0 Å². The van der Waals surface area contributed by atoms with Crippen molar-refractivity contribution < 1.29 is 5.11 Å². The Bertz CT molecular complexity index is 345. The Kier molecular flexibility index (Phi) is 3.55. The third-order valence-corrected chi connectivity index (χ3v) is 3.98. The van der Waals surface area contributed by atoms with Crippen LogP contribution >= 0.6 is 23.2 Å². The Morgan fingerprint density at radius 2 is 1.87 bits per heavy atom. The molecule has 82 valence electrons. The molecule has 1 aliphatic rings. The fourth-order valence-corrected chi connectivity index (χ4v) is 2.70. The Balaban J connectivity index is 2.24.